The predicted molar refractivity (Wildman–Crippen MR) is 73.7 cm³/mol. The van der Waals surface area contributed by atoms with Crippen LogP contribution >= 0.6 is 0 Å². The van der Waals surface area contributed by atoms with Crippen molar-refractivity contribution in [2.75, 3.05) is 0 Å². The van der Waals surface area contributed by atoms with E-state index in [1.165, 1.54) is 6.08 Å². The zero-order valence-electron chi connectivity index (χ0n) is 10.5. The first-order valence-corrected chi connectivity index (χ1v) is 5.98. The lowest BCUT2D eigenvalue weighted by Crippen LogP contribution is -1.92. The Labute approximate surface area is 107 Å². The first-order valence-electron chi connectivity index (χ1n) is 5.98. The van der Waals surface area contributed by atoms with E-state index >= 15 is 0 Å². The van der Waals surface area contributed by atoms with Crippen LogP contribution < -0.4 is 0 Å². The highest BCUT2D eigenvalue weighted by Crippen LogP contribution is 2.21. The monoisotopic (exact) mass is 241 g/mol. The van der Waals surface area contributed by atoms with Gasteiger partial charge in [0.2, 0.25) is 0 Å². The van der Waals surface area contributed by atoms with Crippen molar-refractivity contribution >= 4 is 5.57 Å². The molecule has 0 unspecified atom stereocenters. The Bertz CT molecular complexity index is 533. The summed E-state index contributed by atoms with van der Waals surface area (Å²) >= 11 is 0. The van der Waals surface area contributed by atoms with E-state index in [-0.39, 0.29) is 5.83 Å². The second-order valence-corrected chi connectivity index (χ2v) is 4.51. The molecule has 1 aromatic heterocycles. The summed E-state index contributed by atoms with van der Waals surface area (Å²) in [6, 6.07) is 4.01. The van der Waals surface area contributed by atoms with Crippen molar-refractivity contribution in [1.29, 1.82) is 0 Å². The van der Waals surface area contributed by atoms with Gasteiger partial charge in [0.1, 0.15) is 5.83 Å². The molecular formula is C16H16FN. The van der Waals surface area contributed by atoms with Crippen molar-refractivity contribution in [2.24, 2.45) is 0 Å². The number of hydrogen-bond acceptors (Lipinski definition) is 1. The predicted octanol–water partition coefficient (Wildman–Crippen LogP) is 4.40. The molecule has 1 aromatic rings. The van der Waals surface area contributed by atoms with E-state index in [1.54, 1.807) is 6.08 Å². The van der Waals surface area contributed by atoms with E-state index in [2.05, 4.69) is 11.6 Å². The average Bonchev–Trinajstić information content (AvgIpc) is 2.54. The highest BCUT2D eigenvalue weighted by Gasteiger charge is 2.03. The zero-order valence-corrected chi connectivity index (χ0v) is 10.5. The normalized spacial score (nSPS) is 14.8. The standard InChI is InChI=1S/C16H16FN/c1-12(2)10-16-9-7-14(11-18-16)13-4-3-5-15(17)8-6-13/h3-7,9,11H,1,8,10H2,2H3. The molecule has 0 fully saturated rings. The molecule has 0 spiro atoms. The van der Waals surface area contributed by atoms with Gasteiger partial charge in [-0.2, -0.15) is 0 Å². The van der Waals surface area contributed by atoms with E-state index in [4.69, 9.17) is 0 Å². The molecule has 1 aliphatic rings. The Morgan fingerprint density at radius 2 is 2.28 bits per heavy atom. The van der Waals surface area contributed by atoms with Crippen LogP contribution in [0.1, 0.15) is 24.6 Å². The molecule has 0 saturated heterocycles. The van der Waals surface area contributed by atoms with Crippen LogP contribution in [-0.2, 0) is 6.42 Å². The number of rotatable bonds is 3. The minimum Gasteiger partial charge on any atom is -0.260 e. The third kappa shape index (κ3) is 3.27. The summed E-state index contributed by atoms with van der Waals surface area (Å²) in [5, 5.41) is 0. The first-order chi connectivity index (χ1) is 8.65. The third-order valence-corrected chi connectivity index (χ3v) is 2.71. The van der Waals surface area contributed by atoms with Crippen molar-refractivity contribution in [3.63, 3.8) is 0 Å². The Hall–Kier alpha value is -1.96. The van der Waals surface area contributed by atoms with Crippen LogP contribution in [0, 0.1) is 0 Å². The Morgan fingerprint density at radius 1 is 1.44 bits per heavy atom. The van der Waals surface area contributed by atoms with Crippen LogP contribution in [-0.4, -0.2) is 4.98 Å². The van der Waals surface area contributed by atoms with E-state index < -0.39 is 0 Å². The van der Waals surface area contributed by atoms with E-state index in [0.717, 1.165) is 28.8 Å². The topological polar surface area (TPSA) is 12.9 Å². The minimum atomic E-state index is -0.117. The lowest BCUT2D eigenvalue weighted by Gasteiger charge is -2.04. The summed E-state index contributed by atoms with van der Waals surface area (Å²) < 4.78 is 13.1. The highest BCUT2D eigenvalue weighted by molar-refractivity contribution is 5.74. The first kappa shape index (κ1) is 12.5. The third-order valence-electron chi connectivity index (χ3n) is 2.71. The van der Waals surface area contributed by atoms with Gasteiger partial charge in [-0.1, -0.05) is 36.4 Å². The van der Waals surface area contributed by atoms with Crippen molar-refractivity contribution < 1.29 is 4.39 Å². The number of halogens is 1. The molecule has 92 valence electrons. The van der Waals surface area contributed by atoms with Crippen molar-refractivity contribution in [3.8, 4) is 0 Å². The fourth-order valence-corrected chi connectivity index (χ4v) is 1.82. The SMILES string of the molecule is C=C(C)Cc1ccc(C2=CCC(F)=CC=C2)cn1. The number of pyridine rings is 1. The molecule has 1 nitrogen and oxygen atoms in total. The van der Waals surface area contributed by atoms with Crippen LogP contribution in [0.25, 0.3) is 5.57 Å². The lowest BCUT2D eigenvalue weighted by molar-refractivity contribution is 0.619. The van der Waals surface area contributed by atoms with Gasteiger partial charge in [0.25, 0.3) is 0 Å². The molecule has 0 aromatic carbocycles. The van der Waals surface area contributed by atoms with Crippen LogP contribution in [0.15, 0.2) is 60.6 Å². The van der Waals surface area contributed by atoms with E-state index in [1.807, 2.05) is 37.4 Å². The highest BCUT2D eigenvalue weighted by atomic mass is 19.1. The summed E-state index contributed by atoms with van der Waals surface area (Å²) in [5.41, 5.74) is 4.12. The molecule has 0 aliphatic heterocycles. The van der Waals surface area contributed by atoms with Gasteiger partial charge < -0.3 is 0 Å². The summed E-state index contributed by atoms with van der Waals surface area (Å²) in [6.45, 7) is 5.86. The summed E-state index contributed by atoms with van der Waals surface area (Å²) in [7, 11) is 0. The molecule has 1 aliphatic carbocycles. The van der Waals surface area contributed by atoms with Gasteiger partial charge in [0.05, 0.1) is 0 Å². The van der Waals surface area contributed by atoms with E-state index in [9.17, 15) is 4.39 Å². The van der Waals surface area contributed by atoms with Crippen LogP contribution in [0.2, 0.25) is 0 Å². The molecule has 2 rings (SSSR count). The average molecular weight is 241 g/mol. The van der Waals surface area contributed by atoms with Crippen molar-refractivity contribution in [3.05, 3.63) is 71.9 Å². The molecule has 0 atom stereocenters. The number of hydrogen-bond donors (Lipinski definition) is 0. The van der Waals surface area contributed by atoms with Crippen LogP contribution in [0.3, 0.4) is 0 Å². The maximum Gasteiger partial charge on any atom is 0.104 e. The smallest absolute Gasteiger partial charge is 0.104 e. The minimum absolute atomic E-state index is 0.117. The zero-order chi connectivity index (χ0) is 13.0. The molecule has 0 radical (unpaired) electrons. The molecule has 0 amide bonds. The molecule has 0 bridgehead atoms. The van der Waals surface area contributed by atoms with Crippen LogP contribution in [0.5, 0.6) is 0 Å². The van der Waals surface area contributed by atoms with Crippen molar-refractivity contribution in [2.45, 2.75) is 19.8 Å². The molecular weight excluding hydrogens is 225 g/mol. The number of aromatic nitrogens is 1. The largest absolute Gasteiger partial charge is 0.260 e. The van der Waals surface area contributed by atoms with E-state index in [0.29, 0.717) is 6.42 Å². The van der Waals surface area contributed by atoms with Crippen LogP contribution in [0.4, 0.5) is 4.39 Å². The van der Waals surface area contributed by atoms with Gasteiger partial charge in [-0.15, -0.1) is 0 Å². The quantitative estimate of drug-likeness (QED) is 0.715. The number of allylic oxidation sites excluding steroid dienone is 7. The van der Waals surface area contributed by atoms with Gasteiger partial charge in [0.15, 0.2) is 0 Å². The van der Waals surface area contributed by atoms with Gasteiger partial charge >= 0.3 is 0 Å². The second kappa shape index (κ2) is 5.58. The molecule has 2 heteroatoms. The maximum absolute atomic E-state index is 13.1. The molecule has 0 saturated carbocycles. The van der Waals surface area contributed by atoms with Gasteiger partial charge in [-0.25, -0.2) is 4.39 Å². The number of nitrogens with zero attached hydrogens (tertiary/aromatic N) is 1. The Morgan fingerprint density at radius 3 is 2.94 bits per heavy atom. The summed E-state index contributed by atoms with van der Waals surface area (Å²) in [5.74, 6) is -0.117. The van der Waals surface area contributed by atoms with Crippen molar-refractivity contribution in [1.82, 2.24) is 4.98 Å². The van der Waals surface area contributed by atoms with Gasteiger partial charge in [-0.05, 0) is 30.2 Å². The summed E-state index contributed by atoms with van der Waals surface area (Å²) in [4.78, 5) is 4.40. The summed E-state index contributed by atoms with van der Waals surface area (Å²) in [6.07, 6.45) is 9.98. The second-order valence-electron chi connectivity index (χ2n) is 4.51. The Balaban J connectivity index is 2.17. The molecule has 0 N–H and O–H groups in total. The van der Waals surface area contributed by atoms with Gasteiger partial charge in [0, 0.05) is 24.7 Å². The Kier molecular flexibility index (Phi) is 3.88. The molecule has 1 heterocycles. The fourth-order valence-electron chi connectivity index (χ4n) is 1.82. The lowest BCUT2D eigenvalue weighted by atomic mass is 10.1. The molecule has 18 heavy (non-hydrogen) atoms. The van der Waals surface area contributed by atoms with Gasteiger partial charge in [-0.3, -0.25) is 4.98 Å². The maximum atomic E-state index is 13.1. The fraction of sp³-hybridized carbons (Fsp3) is 0.188.